The van der Waals surface area contributed by atoms with Crippen LogP contribution in [0, 0.1) is 0 Å². The van der Waals surface area contributed by atoms with Crippen LogP contribution in [0.3, 0.4) is 0 Å². The predicted molar refractivity (Wildman–Crippen MR) is 83.9 cm³/mol. The number of benzene rings is 2. The Morgan fingerprint density at radius 1 is 1.12 bits per heavy atom. The van der Waals surface area contributed by atoms with E-state index in [9.17, 15) is 18.0 Å². The number of aryl methyl sites for hydroxylation is 1. The highest BCUT2D eigenvalue weighted by atomic mass is 19.4. The minimum atomic E-state index is -4.76. The topological polar surface area (TPSA) is 38.3 Å². The van der Waals surface area contributed by atoms with E-state index in [0.29, 0.717) is 0 Å². The van der Waals surface area contributed by atoms with Crippen LogP contribution in [0.15, 0.2) is 48.5 Å². The van der Waals surface area contributed by atoms with Crippen LogP contribution >= 0.6 is 0 Å². The summed E-state index contributed by atoms with van der Waals surface area (Å²) in [7, 11) is 0. The van der Waals surface area contributed by atoms with Crippen molar-refractivity contribution in [2.75, 3.05) is 5.32 Å². The van der Waals surface area contributed by atoms with E-state index in [1.165, 1.54) is 24.3 Å². The first kappa shape index (κ1) is 16.4. The second-order valence-electron chi connectivity index (χ2n) is 5.71. The molecule has 1 N–H and O–H groups in total. The number of anilines is 1. The van der Waals surface area contributed by atoms with Crippen molar-refractivity contribution in [1.29, 1.82) is 0 Å². The van der Waals surface area contributed by atoms with Crippen LogP contribution in [0.5, 0.6) is 5.75 Å². The number of fused-ring (bicyclic) bond motifs is 1. The van der Waals surface area contributed by atoms with Gasteiger partial charge in [0.2, 0.25) is 5.91 Å². The molecule has 0 heterocycles. The van der Waals surface area contributed by atoms with Crippen LogP contribution in [-0.4, -0.2) is 12.3 Å². The first-order valence-electron chi connectivity index (χ1n) is 7.67. The monoisotopic (exact) mass is 335 g/mol. The van der Waals surface area contributed by atoms with E-state index in [0.717, 1.165) is 30.4 Å². The molecule has 0 radical (unpaired) electrons. The molecule has 1 amide bonds. The van der Waals surface area contributed by atoms with E-state index in [2.05, 4.69) is 10.1 Å². The zero-order valence-corrected chi connectivity index (χ0v) is 12.8. The molecular weight excluding hydrogens is 319 g/mol. The SMILES string of the molecule is O=C(Nc1cccc(OC(F)(F)F)c1)[C@H]1CCCc2ccccc21. The summed E-state index contributed by atoms with van der Waals surface area (Å²) in [6.45, 7) is 0. The smallest absolute Gasteiger partial charge is 0.406 e. The number of carbonyl (C=O) groups excluding carboxylic acids is 1. The van der Waals surface area contributed by atoms with Crippen molar-refractivity contribution in [3.05, 3.63) is 59.7 Å². The van der Waals surface area contributed by atoms with E-state index in [4.69, 9.17) is 0 Å². The summed E-state index contributed by atoms with van der Waals surface area (Å²) in [4.78, 5) is 12.6. The quantitative estimate of drug-likeness (QED) is 0.887. The number of ether oxygens (including phenoxy) is 1. The van der Waals surface area contributed by atoms with Crippen LogP contribution in [0.4, 0.5) is 18.9 Å². The number of alkyl halides is 3. The number of rotatable bonds is 3. The van der Waals surface area contributed by atoms with Crippen molar-refractivity contribution in [2.45, 2.75) is 31.5 Å². The average molecular weight is 335 g/mol. The second-order valence-corrected chi connectivity index (χ2v) is 5.71. The molecule has 1 atom stereocenters. The number of hydrogen-bond donors (Lipinski definition) is 1. The van der Waals surface area contributed by atoms with Gasteiger partial charge in [0.1, 0.15) is 5.75 Å². The molecule has 2 aromatic carbocycles. The van der Waals surface area contributed by atoms with Crippen molar-refractivity contribution in [3.63, 3.8) is 0 Å². The molecule has 24 heavy (non-hydrogen) atoms. The molecule has 3 nitrogen and oxygen atoms in total. The zero-order valence-electron chi connectivity index (χ0n) is 12.8. The van der Waals surface area contributed by atoms with Gasteiger partial charge in [-0.05, 0) is 42.5 Å². The summed E-state index contributed by atoms with van der Waals surface area (Å²) in [5, 5.41) is 2.69. The lowest BCUT2D eigenvalue weighted by Gasteiger charge is -2.24. The summed E-state index contributed by atoms with van der Waals surface area (Å²) >= 11 is 0. The Morgan fingerprint density at radius 2 is 1.92 bits per heavy atom. The summed E-state index contributed by atoms with van der Waals surface area (Å²) in [6.07, 6.45) is -2.19. The van der Waals surface area contributed by atoms with Gasteiger partial charge in [0.05, 0.1) is 5.92 Å². The zero-order chi connectivity index (χ0) is 17.2. The van der Waals surface area contributed by atoms with Gasteiger partial charge in [0.25, 0.3) is 0 Å². The maximum atomic E-state index is 12.6. The molecule has 1 aliphatic carbocycles. The van der Waals surface area contributed by atoms with Gasteiger partial charge >= 0.3 is 6.36 Å². The number of amides is 1. The van der Waals surface area contributed by atoms with E-state index >= 15 is 0 Å². The number of carbonyl (C=O) groups is 1. The maximum absolute atomic E-state index is 12.6. The van der Waals surface area contributed by atoms with Gasteiger partial charge in [0, 0.05) is 11.8 Å². The molecule has 0 bridgehead atoms. The van der Waals surface area contributed by atoms with Crippen molar-refractivity contribution in [2.24, 2.45) is 0 Å². The first-order valence-corrected chi connectivity index (χ1v) is 7.67. The van der Waals surface area contributed by atoms with Crippen molar-refractivity contribution in [3.8, 4) is 5.75 Å². The lowest BCUT2D eigenvalue weighted by atomic mass is 9.82. The van der Waals surface area contributed by atoms with E-state index in [-0.39, 0.29) is 23.3 Å². The first-order chi connectivity index (χ1) is 11.4. The maximum Gasteiger partial charge on any atom is 0.573 e. The molecule has 3 rings (SSSR count). The summed E-state index contributed by atoms with van der Waals surface area (Å²) in [5.74, 6) is -0.863. The van der Waals surface area contributed by atoms with Crippen LogP contribution in [0.2, 0.25) is 0 Å². The van der Waals surface area contributed by atoms with Gasteiger partial charge in [-0.25, -0.2) is 0 Å². The fourth-order valence-electron chi connectivity index (χ4n) is 3.03. The van der Waals surface area contributed by atoms with Crippen molar-refractivity contribution < 1.29 is 22.7 Å². The normalized spacial score (nSPS) is 17.0. The third-order valence-electron chi connectivity index (χ3n) is 4.02. The highest BCUT2D eigenvalue weighted by Crippen LogP contribution is 2.33. The minimum Gasteiger partial charge on any atom is -0.406 e. The average Bonchev–Trinajstić information content (AvgIpc) is 2.53. The second kappa shape index (κ2) is 6.55. The molecule has 0 aromatic heterocycles. The van der Waals surface area contributed by atoms with Gasteiger partial charge in [0.15, 0.2) is 0 Å². The fourth-order valence-corrected chi connectivity index (χ4v) is 3.03. The molecule has 6 heteroatoms. The molecule has 0 aliphatic heterocycles. The summed E-state index contributed by atoms with van der Waals surface area (Å²) < 4.78 is 40.7. The lowest BCUT2D eigenvalue weighted by molar-refractivity contribution is -0.274. The summed E-state index contributed by atoms with van der Waals surface area (Å²) in [6, 6.07) is 13.1. The molecule has 0 saturated carbocycles. The Morgan fingerprint density at radius 3 is 2.71 bits per heavy atom. The van der Waals surface area contributed by atoms with Crippen LogP contribution in [-0.2, 0) is 11.2 Å². The van der Waals surface area contributed by atoms with E-state index < -0.39 is 6.36 Å². The number of hydrogen-bond acceptors (Lipinski definition) is 2. The molecule has 1 aliphatic rings. The van der Waals surface area contributed by atoms with E-state index in [1.54, 1.807) is 0 Å². The van der Waals surface area contributed by atoms with E-state index in [1.807, 2.05) is 24.3 Å². The minimum absolute atomic E-state index is 0.216. The molecule has 0 saturated heterocycles. The molecule has 2 aromatic rings. The Balaban J connectivity index is 1.75. The van der Waals surface area contributed by atoms with Gasteiger partial charge in [-0.2, -0.15) is 0 Å². The van der Waals surface area contributed by atoms with Gasteiger partial charge in [-0.15, -0.1) is 13.2 Å². The van der Waals surface area contributed by atoms with Gasteiger partial charge in [-0.1, -0.05) is 30.3 Å². The molecule has 0 unspecified atom stereocenters. The number of nitrogens with one attached hydrogen (secondary N) is 1. The van der Waals surface area contributed by atoms with Crippen LogP contribution in [0.25, 0.3) is 0 Å². The third kappa shape index (κ3) is 3.88. The summed E-state index contributed by atoms with van der Waals surface area (Å²) in [5.41, 5.74) is 2.42. The highest BCUT2D eigenvalue weighted by molar-refractivity contribution is 5.96. The van der Waals surface area contributed by atoms with Crippen molar-refractivity contribution in [1.82, 2.24) is 0 Å². The largest absolute Gasteiger partial charge is 0.573 e. The third-order valence-corrected chi connectivity index (χ3v) is 4.02. The Hall–Kier alpha value is -2.50. The predicted octanol–water partition coefficient (Wildman–Crippen LogP) is 4.64. The molecule has 0 fully saturated rings. The lowest BCUT2D eigenvalue weighted by Crippen LogP contribution is -2.24. The number of halogens is 3. The molecule has 0 spiro atoms. The Kier molecular flexibility index (Phi) is 4.46. The standard InChI is InChI=1S/C18H16F3NO2/c19-18(20,21)24-14-8-4-7-13(11-14)22-17(23)16-10-3-6-12-5-1-2-9-15(12)16/h1-2,4-5,7-9,11,16H,3,6,10H2,(H,22,23)/t16-/m0/s1. The Bertz CT molecular complexity index is 743. The highest BCUT2D eigenvalue weighted by Gasteiger charge is 2.31. The van der Waals surface area contributed by atoms with Crippen molar-refractivity contribution >= 4 is 11.6 Å². The van der Waals surface area contributed by atoms with Gasteiger partial charge < -0.3 is 10.1 Å². The van der Waals surface area contributed by atoms with Gasteiger partial charge in [-0.3, -0.25) is 4.79 Å². The Labute approximate surface area is 137 Å². The molecule has 126 valence electrons. The van der Waals surface area contributed by atoms with Crippen LogP contribution in [0.1, 0.15) is 29.9 Å². The fraction of sp³-hybridized carbons (Fsp3) is 0.278. The molecular formula is C18H16F3NO2. The van der Waals surface area contributed by atoms with Crippen LogP contribution < -0.4 is 10.1 Å².